The molecule has 0 aromatic carbocycles. The first-order valence-electron chi connectivity index (χ1n) is 4.21. The lowest BCUT2D eigenvalue weighted by Gasteiger charge is -1.95. The lowest BCUT2D eigenvalue weighted by Crippen LogP contribution is -1.90. The molecule has 0 saturated carbocycles. The largest absolute Gasteiger partial charge is 0.398 e. The second kappa shape index (κ2) is 2.52. The summed E-state index contributed by atoms with van der Waals surface area (Å²) in [5.41, 5.74) is 8.54. The summed E-state index contributed by atoms with van der Waals surface area (Å²) in [5.74, 6) is 0. The molecular weight excluding hydrogens is 154 g/mol. The molecule has 1 aliphatic rings. The van der Waals surface area contributed by atoms with Crippen LogP contribution in [0.25, 0.3) is 0 Å². The molecule has 0 amide bonds. The van der Waals surface area contributed by atoms with Gasteiger partial charge >= 0.3 is 0 Å². The van der Waals surface area contributed by atoms with E-state index < -0.39 is 0 Å². The Kier molecular flexibility index (Phi) is 1.64. The fraction of sp³-hybridized carbons (Fsp3) is 0.556. The summed E-state index contributed by atoms with van der Waals surface area (Å²) in [5, 5.41) is 0. The molecule has 1 nitrogen and oxygen atoms in total. The SMILES string of the molecule is CCc1sc2c(c1N)CCC2. The van der Waals surface area contributed by atoms with E-state index in [-0.39, 0.29) is 0 Å². The first-order chi connectivity index (χ1) is 5.33. The number of anilines is 1. The summed E-state index contributed by atoms with van der Waals surface area (Å²) in [4.78, 5) is 2.95. The highest BCUT2D eigenvalue weighted by Gasteiger charge is 2.18. The highest BCUT2D eigenvalue weighted by atomic mass is 32.1. The number of nitrogens with two attached hydrogens (primary N) is 1. The van der Waals surface area contributed by atoms with Gasteiger partial charge in [-0.15, -0.1) is 11.3 Å². The van der Waals surface area contributed by atoms with Crippen molar-refractivity contribution in [2.45, 2.75) is 32.6 Å². The van der Waals surface area contributed by atoms with Gasteiger partial charge in [-0.05, 0) is 31.2 Å². The summed E-state index contributed by atoms with van der Waals surface area (Å²) in [6, 6.07) is 0. The molecule has 0 spiro atoms. The van der Waals surface area contributed by atoms with E-state index in [2.05, 4.69) is 6.92 Å². The standard InChI is InChI=1S/C9H13NS/c1-2-7-9(10)6-4-3-5-8(6)11-7/h2-5,10H2,1H3. The molecule has 0 radical (unpaired) electrons. The van der Waals surface area contributed by atoms with Crippen molar-refractivity contribution in [2.75, 3.05) is 5.73 Å². The van der Waals surface area contributed by atoms with Crippen molar-refractivity contribution in [2.24, 2.45) is 0 Å². The van der Waals surface area contributed by atoms with Crippen LogP contribution in [-0.2, 0) is 19.3 Å². The summed E-state index contributed by atoms with van der Waals surface area (Å²) >= 11 is 1.92. The zero-order chi connectivity index (χ0) is 7.84. The molecule has 0 saturated heterocycles. The Morgan fingerprint density at radius 1 is 1.45 bits per heavy atom. The lowest BCUT2D eigenvalue weighted by molar-refractivity contribution is 0.914. The third-order valence-corrected chi connectivity index (χ3v) is 3.81. The van der Waals surface area contributed by atoms with Gasteiger partial charge in [-0.25, -0.2) is 0 Å². The molecule has 2 rings (SSSR count). The fourth-order valence-corrected chi connectivity index (χ4v) is 3.00. The van der Waals surface area contributed by atoms with Gasteiger partial charge in [0.05, 0.1) is 0 Å². The Labute approximate surface area is 71.2 Å². The highest BCUT2D eigenvalue weighted by Crippen LogP contribution is 2.37. The van der Waals surface area contributed by atoms with Crippen molar-refractivity contribution < 1.29 is 0 Å². The fourth-order valence-electron chi connectivity index (χ4n) is 1.75. The molecule has 0 aliphatic heterocycles. The Morgan fingerprint density at radius 2 is 2.27 bits per heavy atom. The maximum atomic E-state index is 5.98. The minimum Gasteiger partial charge on any atom is -0.398 e. The molecule has 11 heavy (non-hydrogen) atoms. The van der Waals surface area contributed by atoms with Gasteiger partial charge in [0.25, 0.3) is 0 Å². The van der Waals surface area contributed by atoms with E-state index in [1.165, 1.54) is 29.7 Å². The average molecular weight is 167 g/mol. The van der Waals surface area contributed by atoms with Crippen molar-refractivity contribution in [3.8, 4) is 0 Å². The Hall–Kier alpha value is -0.500. The number of hydrogen-bond acceptors (Lipinski definition) is 2. The minimum atomic E-state index is 1.10. The molecule has 0 atom stereocenters. The van der Waals surface area contributed by atoms with Gasteiger partial charge in [-0.1, -0.05) is 6.92 Å². The third kappa shape index (κ3) is 0.968. The summed E-state index contributed by atoms with van der Waals surface area (Å²) in [6.45, 7) is 2.18. The predicted octanol–water partition coefficient (Wildman–Crippen LogP) is 2.38. The molecule has 0 bridgehead atoms. The number of fused-ring (bicyclic) bond motifs is 1. The van der Waals surface area contributed by atoms with E-state index in [0.29, 0.717) is 0 Å². The number of hydrogen-bond donors (Lipinski definition) is 1. The molecule has 2 heteroatoms. The van der Waals surface area contributed by atoms with Crippen LogP contribution in [0.5, 0.6) is 0 Å². The van der Waals surface area contributed by atoms with Gasteiger partial charge < -0.3 is 5.73 Å². The first kappa shape index (κ1) is 7.17. The summed E-state index contributed by atoms with van der Waals surface area (Å²) in [6.07, 6.45) is 4.90. The molecule has 2 N–H and O–H groups in total. The molecule has 1 aliphatic carbocycles. The predicted molar refractivity (Wildman–Crippen MR) is 50.1 cm³/mol. The van der Waals surface area contributed by atoms with Crippen LogP contribution in [-0.4, -0.2) is 0 Å². The van der Waals surface area contributed by atoms with Crippen LogP contribution in [0.1, 0.15) is 28.7 Å². The Balaban J connectivity index is 2.49. The van der Waals surface area contributed by atoms with Gasteiger partial charge in [0, 0.05) is 15.4 Å². The van der Waals surface area contributed by atoms with Crippen molar-refractivity contribution in [3.05, 3.63) is 15.3 Å². The molecular formula is C9H13NS. The zero-order valence-corrected chi connectivity index (χ0v) is 7.63. The number of nitrogen functional groups attached to an aromatic ring is 1. The van der Waals surface area contributed by atoms with Crippen LogP contribution in [0.4, 0.5) is 5.69 Å². The number of thiophene rings is 1. The zero-order valence-electron chi connectivity index (χ0n) is 6.81. The van der Waals surface area contributed by atoms with E-state index in [1.54, 1.807) is 4.88 Å². The van der Waals surface area contributed by atoms with Gasteiger partial charge in [0.2, 0.25) is 0 Å². The van der Waals surface area contributed by atoms with E-state index in [9.17, 15) is 0 Å². The monoisotopic (exact) mass is 167 g/mol. The topological polar surface area (TPSA) is 26.0 Å². The van der Waals surface area contributed by atoms with Crippen LogP contribution in [0.2, 0.25) is 0 Å². The van der Waals surface area contributed by atoms with E-state index in [0.717, 1.165) is 12.1 Å². The molecule has 0 fully saturated rings. The quantitative estimate of drug-likeness (QED) is 0.683. The maximum Gasteiger partial charge on any atom is 0.0490 e. The second-order valence-corrected chi connectivity index (χ2v) is 4.24. The van der Waals surface area contributed by atoms with Crippen molar-refractivity contribution in [3.63, 3.8) is 0 Å². The average Bonchev–Trinajstić information content (AvgIpc) is 2.53. The Morgan fingerprint density at radius 3 is 2.91 bits per heavy atom. The van der Waals surface area contributed by atoms with E-state index in [4.69, 9.17) is 5.73 Å². The third-order valence-electron chi connectivity index (χ3n) is 2.36. The van der Waals surface area contributed by atoms with E-state index in [1.807, 2.05) is 11.3 Å². The van der Waals surface area contributed by atoms with Crippen molar-refractivity contribution in [1.82, 2.24) is 0 Å². The van der Waals surface area contributed by atoms with Crippen LogP contribution >= 0.6 is 11.3 Å². The number of aryl methyl sites for hydroxylation is 2. The normalized spacial score (nSPS) is 15.4. The van der Waals surface area contributed by atoms with Gasteiger partial charge in [-0.3, -0.25) is 0 Å². The van der Waals surface area contributed by atoms with Crippen molar-refractivity contribution in [1.29, 1.82) is 0 Å². The van der Waals surface area contributed by atoms with Crippen molar-refractivity contribution >= 4 is 17.0 Å². The Bertz CT molecular complexity index is 275. The van der Waals surface area contributed by atoms with Gasteiger partial charge in [0.15, 0.2) is 0 Å². The first-order valence-corrected chi connectivity index (χ1v) is 5.03. The summed E-state index contributed by atoms with van der Waals surface area (Å²) in [7, 11) is 0. The lowest BCUT2D eigenvalue weighted by atomic mass is 10.2. The van der Waals surface area contributed by atoms with Crippen LogP contribution in [0.15, 0.2) is 0 Å². The molecule has 60 valence electrons. The molecule has 1 heterocycles. The highest BCUT2D eigenvalue weighted by molar-refractivity contribution is 7.12. The molecule has 0 unspecified atom stereocenters. The van der Waals surface area contributed by atoms with Gasteiger partial charge in [0.1, 0.15) is 0 Å². The minimum absolute atomic E-state index is 1.10. The van der Waals surface area contributed by atoms with E-state index >= 15 is 0 Å². The summed E-state index contributed by atoms with van der Waals surface area (Å²) < 4.78 is 0. The van der Waals surface area contributed by atoms with Crippen LogP contribution < -0.4 is 5.73 Å². The van der Waals surface area contributed by atoms with Gasteiger partial charge in [-0.2, -0.15) is 0 Å². The van der Waals surface area contributed by atoms with Crippen LogP contribution in [0, 0.1) is 0 Å². The van der Waals surface area contributed by atoms with Crippen LogP contribution in [0.3, 0.4) is 0 Å². The second-order valence-electron chi connectivity index (χ2n) is 3.05. The number of rotatable bonds is 1. The maximum absolute atomic E-state index is 5.98. The molecule has 1 aromatic heterocycles. The molecule has 1 aromatic rings. The smallest absolute Gasteiger partial charge is 0.0490 e.